The molecule has 1 rings (SSSR count). The maximum atomic E-state index is 10.4. The molecule has 0 fully saturated rings. The molecule has 2 N–H and O–H groups in total. The van der Waals surface area contributed by atoms with Crippen LogP contribution in [-0.2, 0) is 16.8 Å². The Bertz CT molecular complexity index is 432. The van der Waals surface area contributed by atoms with Gasteiger partial charge in [0.2, 0.25) is 0 Å². The molecule has 1 unspecified atom stereocenters. The van der Waals surface area contributed by atoms with Gasteiger partial charge in [-0.15, -0.1) is 0 Å². The number of phenolic OH excluding ortho intramolecular Hbond substituents is 2. The third kappa shape index (κ3) is 2.64. The van der Waals surface area contributed by atoms with E-state index < -0.39 is 38.9 Å². The quantitative estimate of drug-likeness (QED) is 0.336. The first-order valence-electron chi connectivity index (χ1n) is 3.67. The minimum Gasteiger partial charge on any atom is -0.772 e. The molecular weight excluding hydrogens is 226 g/mol. The topological polar surface area (TPSA) is 124 Å². The zero-order valence-electron chi connectivity index (χ0n) is 7.24. The maximum Gasteiger partial charge on any atom is 0.273 e. The SMILES string of the molecule is O=[N+]([O-])c1cc(O)c(O)c(CS(=O)[O-])c1. The zero-order chi connectivity index (χ0) is 11.6. The number of nitrogens with zero attached hydrogens (tertiary/aromatic N) is 1. The predicted octanol–water partition coefficient (Wildman–Crippen LogP) is 0.385. The number of nitro benzene ring substituents is 1. The standard InChI is InChI=1S/C7H7NO6S/c9-6-2-5(8(11)12)1-4(7(6)10)3-15(13)14/h1-2,9-10H,3H2,(H,13,14)/p-1. The maximum absolute atomic E-state index is 10.4. The Morgan fingerprint density at radius 1 is 1.40 bits per heavy atom. The lowest BCUT2D eigenvalue weighted by Crippen LogP contribution is -1.96. The second-order valence-electron chi connectivity index (χ2n) is 2.68. The Morgan fingerprint density at radius 2 is 2.00 bits per heavy atom. The highest BCUT2D eigenvalue weighted by molar-refractivity contribution is 7.78. The lowest BCUT2D eigenvalue weighted by Gasteiger charge is -2.08. The van der Waals surface area contributed by atoms with Crippen LogP contribution in [0.2, 0.25) is 0 Å². The van der Waals surface area contributed by atoms with E-state index in [1.807, 2.05) is 0 Å². The molecule has 0 heterocycles. The van der Waals surface area contributed by atoms with Crippen molar-refractivity contribution in [2.45, 2.75) is 5.75 Å². The van der Waals surface area contributed by atoms with Gasteiger partial charge >= 0.3 is 0 Å². The normalized spacial score (nSPS) is 12.3. The van der Waals surface area contributed by atoms with Crippen molar-refractivity contribution in [1.29, 1.82) is 0 Å². The molecule has 0 aliphatic rings. The second-order valence-corrected chi connectivity index (χ2v) is 3.57. The van der Waals surface area contributed by atoms with Crippen LogP contribution in [0.5, 0.6) is 11.5 Å². The summed E-state index contributed by atoms with van der Waals surface area (Å²) in [5.41, 5.74) is -0.694. The Kier molecular flexibility index (Phi) is 3.22. The van der Waals surface area contributed by atoms with Gasteiger partial charge in [-0.1, -0.05) is 11.1 Å². The minimum absolute atomic E-state index is 0.213. The van der Waals surface area contributed by atoms with Crippen molar-refractivity contribution < 1.29 is 23.9 Å². The summed E-state index contributed by atoms with van der Waals surface area (Å²) in [6.45, 7) is 0. The molecule has 0 amide bonds. The minimum atomic E-state index is -2.50. The first-order chi connectivity index (χ1) is 6.91. The highest BCUT2D eigenvalue weighted by Crippen LogP contribution is 2.33. The van der Waals surface area contributed by atoms with E-state index in [4.69, 9.17) is 5.11 Å². The van der Waals surface area contributed by atoms with Gasteiger partial charge in [-0.05, 0) is 0 Å². The van der Waals surface area contributed by atoms with Crippen molar-refractivity contribution in [3.05, 3.63) is 27.8 Å². The summed E-state index contributed by atoms with van der Waals surface area (Å²) in [5, 5.41) is 28.7. The summed E-state index contributed by atoms with van der Waals surface area (Å²) in [7, 11) is 0. The van der Waals surface area contributed by atoms with E-state index in [1.165, 1.54) is 0 Å². The van der Waals surface area contributed by atoms with Crippen molar-refractivity contribution in [2.75, 3.05) is 0 Å². The van der Waals surface area contributed by atoms with E-state index in [0.717, 1.165) is 12.1 Å². The van der Waals surface area contributed by atoms with Gasteiger partial charge in [0.15, 0.2) is 11.5 Å². The number of nitro groups is 1. The number of benzene rings is 1. The molecule has 8 heteroatoms. The van der Waals surface area contributed by atoms with Gasteiger partial charge < -0.3 is 14.8 Å². The van der Waals surface area contributed by atoms with E-state index in [9.17, 15) is 24.0 Å². The molecule has 0 saturated heterocycles. The Balaban J connectivity index is 3.24. The molecule has 0 bridgehead atoms. The molecule has 1 aromatic carbocycles. The van der Waals surface area contributed by atoms with Crippen LogP contribution in [0.3, 0.4) is 0 Å². The molecule has 7 nitrogen and oxygen atoms in total. The van der Waals surface area contributed by atoms with Crippen molar-refractivity contribution in [3.8, 4) is 11.5 Å². The van der Waals surface area contributed by atoms with Crippen LogP contribution >= 0.6 is 0 Å². The fraction of sp³-hybridized carbons (Fsp3) is 0.143. The van der Waals surface area contributed by atoms with Gasteiger partial charge in [-0.2, -0.15) is 0 Å². The number of aromatic hydroxyl groups is 2. The summed E-state index contributed by atoms with van der Waals surface area (Å²) in [5.74, 6) is -1.98. The first-order valence-corrected chi connectivity index (χ1v) is 4.91. The molecule has 0 saturated carbocycles. The molecule has 1 aromatic rings. The Labute approximate surface area is 86.4 Å². The van der Waals surface area contributed by atoms with E-state index in [-0.39, 0.29) is 5.56 Å². The summed E-state index contributed by atoms with van der Waals surface area (Å²) in [4.78, 5) is 9.57. The number of hydrogen-bond acceptors (Lipinski definition) is 6. The first kappa shape index (κ1) is 11.4. The zero-order valence-corrected chi connectivity index (χ0v) is 8.06. The molecule has 0 radical (unpaired) electrons. The molecule has 1 atom stereocenters. The van der Waals surface area contributed by atoms with Crippen LogP contribution in [-0.4, -0.2) is 23.9 Å². The number of non-ortho nitro benzene ring substituents is 1. The van der Waals surface area contributed by atoms with Gasteiger partial charge in [0.05, 0.1) is 11.0 Å². The molecule has 0 spiro atoms. The van der Waals surface area contributed by atoms with Crippen LogP contribution in [0.4, 0.5) is 5.69 Å². The van der Waals surface area contributed by atoms with E-state index in [0.29, 0.717) is 0 Å². The summed E-state index contributed by atoms with van der Waals surface area (Å²) >= 11 is -2.50. The lowest BCUT2D eigenvalue weighted by molar-refractivity contribution is -0.385. The number of hydrogen-bond donors (Lipinski definition) is 2. The summed E-state index contributed by atoms with van der Waals surface area (Å²) < 4.78 is 20.7. The largest absolute Gasteiger partial charge is 0.772 e. The fourth-order valence-corrected chi connectivity index (χ4v) is 1.48. The third-order valence-electron chi connectivity index (χ3n) is 1.64. The summed E-state index contributed by atoms with van der Waals surface area (Å²) in [6, 6.07) is 1.64. The summed E-state index contributed by atoms with van der Waals surface area (Å²) in [6.07, 6.45) is 0. The van der Waals surface area contributed by atoms with E-state index >= 15 is 0 Å². The van der Waals surface area contributed by atoms with Crippen LogP contribution in [0.1, 0.15) is 5.56 Å². The molecular formula is C7H6NO6S-. The van der Waals surface area contributed by atoms with Crippen molar-refractivity contribution in [3.63, 3.8) is 0 Å². The molecule has 0 aliphatic carbocycles. The van der Waals surface area contributed by atoms with Crippen molar-refractivity contribution in [1.82, 2.24) is 0 Å². The van der Waals surface area contributed by atoms with Crippen LogP contribution in [0.25, 0.3) is 0 Å². The fourth-order valence-electron chi connectivity index (χ4n) is 1.00. The smallest absolute Gasteiger partial charge is 0.273 e. The highest BCUT2D eigenvalue weighted by atomic mass is 32.2. The predicted molar refractivity (Wildman–Crippen MR) is 49.0 cm³/mol. The molecule has 0 aliphatic heterocycles. The Morgan fingerprint density at radius 3 is 2.47 bits per heavy atom. The van der Waals surface area contributed by atoms with Gasteiger partial charge in [-0.3, -0.25) is 14.3 Å². The second kappa shape index (κ2) is 4.24. The number of phenols is 2. The molecule has 0 aromatic heterocycles. The Hall–Kier alpha value is -1.67. The van der Waals surface area contributed by atoms with Gasteiger partial charge in [0, 0.05) is 17.4 Å². The third-order valence-corrected chi connectivity index (χ3v) is 2.18. The van der Waals surface area contributed by atoms with E-state index in [1.54, 1.807) is 0 Å². The van der Waals surface area contributed by atoms with Gasteiger partial charge in [0.1, 0.15) is 0 Å². The van der Waals surface area contributed by atoms with Crippen molar-refractivity contribution >= 4 is 16.8 Å². The average molecular weight is 232 g/mol. The molecule has 82 valence electrons. The van der Waals surface area contributed by atoms with Crippen molar-refractivity contribution in [2.24, 2.45) is 0 Å². The van der Waals surface area contributed by atoms with Crippen LogP contribution in [0, 0.1) is 10.1 Å². The van der Waals surface area contributed by atoms with E-state index in [2.05, 4.69) is 0 Å². The van der Waals surface area contributed by atoms with Crippen LogP contribution < -0.4 is 0 Å². The monoisotopic (exact) mass is 232 g/mol. The molecule has 15 heavy (non-hydrogen) atoms. The van der Waals surface area contributed by atoms with Gasteiger partial charge in [-0.25, -0.2) is 0 Å². The van der Waals surface area contributed by atoms with Gasteiger partial charge in [0.25, 0.3) is 5.69 Å². The lowest BCUT2D eigenvalue weighted by atomic mass is 10.2. The average Bonchev–Trinajstić information content (AvgIpc) is 2.11. The highest BCUT2D eigenvalue weighted by Gasteiger charge is 2.15. The number of rotatable bonds is 3. The van der Waals surface area contributed by atoms with Crippen LogP contribution in [0.15, 0.2) is 12.1 Å².